The van der Waals surface area contributed by atoms with Crippen LogP contribution in [0.1, 0.15) is 57.3 Å². The fourth-order valence-electron chi connectivity index (χ4n) is 4.54. The molecule has 1 aliphatic carbocycles. The molecular weight excluding hydrogens is 432 g/mol. The molecule has 1 aromatic carbocycles. The minimum atomic E-state index is -0.139. The topological polar surface area (TPSA) is 72.2 Å². The number of nitrogens with zero attached hydrogens (tertiary/aromatic N) is 2. The molecule has 0 saturated heterocycles. The molecule has 0 spiro atoms. The number of carbonyl (C=O) groups is 2. The third kappa shape index (κ3) is 6.78. The van der Waals surface area contributed by atoms with E-state index in [1.807, 2.05) is 49.1 Å². The van der Waals surface area contributed by atoms with Crippen molar-refractivity contribution in [3.8, 4) is 11.5 Å². The zero-order valence-electron chi connectivity index (χ0n) is 20.9. The highest BCUT2D eigenvalue weighted by molar-refractivity contribution is 5.86. The minimum absolute atomic E-state index is 0.0538. The number of ether oxygens (including phenoxy) is 2. The molecule has 0 atom stereocenters. The van der Waals surface area contributed by atoms with E-state index in [2.05, 4.69) is 0 Å². The molecule has 0 bridgehead atoms. The summed E-state index contributed by atoms with van der Waals surface area (Å²) in [6, 6.07) is 9.62. The molecule has 0 N–H and O–H groups in total. The van der Waals surface area contributed by atoms with Gasteiger partial charge in [-0.25, -0.2) is 0 Å². The summed E-state index contributed by atoms with van der Waals surface area (Å²) in [6.07, 6.45) is 7.61. The van der Waals surface area contributed by atoms with E-state index in [0.717, 1.165) is 37.0 Å². The third-order valence-corrected chi connectivity index (χ3v) is 6.50. The van der Waals surface area contributed by atoms with E-state index in [4.69, 9.17) is 13.9 Å². The quantitative estimate of drug-likeness (QED) is 0.477. The Labute approximate surface area is 203 Å². The van der Waals surface area contributed by atoms with Gasteiger partial charge in [0.1, 0.15) is 12.3 Å². The molecule has 1 aliphatic rings. The van der Waals surface area contributed by atoms with Crippen LogP contribution in [0.2, 0.25) is 0 Å². The normalized spacial score (nSPS) is 14.1. The van der Waals surface area contributed by atoms with Gasteiger partial charge >= 0.3 is 0 Å². The number of rotatable bonds is 11. The Balaban J connectivity index is 1.75. The van der Waals surface area contributed by atoms with Crippen LogP contribution in [-0.4, -0.2) is 55.0 Å². The molecular formula is C27H38N2O5. The van der Waals surface area contributed by atoms with Gasteiger partial charge in [0.2, 0.25) is 11.8 Å². The van der Waals surface area contributed by atoms with Gasteiger partial charge in [0, 0.05) is 18.5 Å². The Bertz CT molecular complexity index is 919. The van der Waals surface area contributed by atoms with Gasteiger partial charge in [-0.3, -0.25) is 9.59 Å². The van der Waals surface area contributed by atoms with Crippen LogP contribution in [0.25, 0.3) is 0 Å². The summed E-state index contributed by atoms with van der Waals surface area (Å²) < 4.78 is 16.3. The molecule has 7 heteroatoms. The fourth-order valence-corrected chi connectivity index (χ4v) is 4.54. The number of furan rings is 1. The predicted molar refractivity (Wildman–Crippen MR) is 131 cm³/mol. The Morgan fingerprint density at radius 2 is 1.79 bits per heavy atom. The van der Waals surface area contributed by atoms with Crippen molar-refractivity contribution in [3.05, 3.63) is 47.9 Å². The van der Waals surface area contributed by atoms with E-state index in [9.17, 15) is 9.59 Å². The smallest absolute Gasteiger partial charge is 0.242 e. The van der Waals surface area contributed by atoms with E-state index in [-0.39, 0.29) is 30.3 Å². The second kappa shape index (κ2) is 12.5. The zero-order valence-corrected chi connectivity index (χ0v) is 20.9. The maximum atomic E-state index is 13.5. The van der Waals surface area contributed by atoms with Crippen molar-refractivity contribution in [1.82, 2.24) is 9.80 Å². The molecule has 0 unspecified atom stereocenters. The van der Waals surface area contributed by atoms with E-state index in [1.54, 1.807) is 25.4 Å². The first kappa shape index (κ1) is 25.7. The van der Waals surface area contributed by atoms with Crippen molar-refractivity contribution in [2.24, 2.45) is 5.92 Å². The van der Waals surface area contributed by atoms with Crippen LogP contribution in [0.4, 0.5) is 0 Å². The summed E-state index contributed by atoms with van der Waals surface area (Å²) in [6.45, 7) is 4.78. The predicted octanol–water partition coefficient (Wildman–Crippen LogP) is 4.69. The molecule has 3 rings (SSSR count). The summed E-state index contributed by atoms with van der Waals surface area (Å²) in [4.78, 5) is 30.2. The lowest BCUT2D eigenvalue weighted by Crippen LogP contribution is -2.49. The fraction of sp³-hybridized carbons (Fsp3) is 0.556. The number of hydrogen-bond donors (Lipinski definition) is 0. The highest BCUT2D eigenvalue weighted by Gasteiger charge is 2.30. The molecule has 34 heavy (non-hydrogen) atoms. The summed E-state index contributed by atoms with van der Waals surface area (Å²) in [5.74, 6) is 1.91. The Kier molecular flexibility index (Phi) is 9.42. The van der Waals surface area contributed by atoms with Crippen molar-refractivity contribution in [2.45, 2.75) is 65.0 Å². The molecule has 7 nitrogen and oxygen atoms in total. The summed E-state index contributed by atoms with van der Waals surface area (Å²) in [5.41, 5.74) is 1.04. The van der Waals surface area contributed by atoms with Crippen LogP contribution in [0, 0.1) is 5.92 Å². The third-order valence-electron chi connectivity index (χ3n) is 6.50. The van der Waals surface area contributed by atoms with Crippen molar-refractivity contribution < 1.29 is 23.5 Å². The molecule has 1 fully saturated rings. The number of amides is 2. The van der Waals surface area contributed by atoms with Crippen LogP contribution in [0.3, 0.4) is 0 Å². The van der Waals surface area contributed by atoms with Gasteiger partial charge in [-0.1, -0.05) is 39.2 Å². The van der Waals surface area contributed by atoms with Crippen LogP contribution >= 0.6 is 0 Å². The van der Waals surface area contributed by atoms with Gasteiger partial charge in [-0.2, -0.15) is 0 Å². The second-order valence-electron chi connectivity index (χ2n) is 9.25. The van der Waals surface area contributed by atoms with E-state index >= 15 is 0 Å². The lowest BCUT2D eigenvalue weighted by Gasteiger charge is -2.36. The standard InChI is InChI=1S/C27H38N2O5/c1-20(2)27(31)29(22-9-6-5-7-10-22)19-26(30)28(18-23-11-8-16-34-23)15-14-21-12-13-24(32-3)25(17-21)33-4/h8,11-13,16-17,20,22H,5-7,9-10,14-15,18-19H2,1-4H3. The summed E-state index contributed by atoms with van der Waals surface area (Å²) >= 11 is 0. The van der Waals surface area contributed by atoms with Crippen molar-refractivity contribution in [1.29, 1.82) is 0 Å². The first-order valence-corrected chi connectivity index (χ1v) is 12.2. The first-order valence-electron chi connectivity index (χ1n) is 12.2. The largest absolute Gasteiger partial charge is 0.493 e. The molecule has 0 aliphatic heterocycles. The molecule has 1 heterocycles. The number of benzene rings is 1. The van der Waals surface area contributed by atoms with E-state index < -0.39 is 0 Å². The number of carbonyl (C=O) groups excluding carboxylic acids is 2. The molecule has 1 aromatic heterocycles. The van der Waals surface area contributed by atoms with Gasteiger partial charge in [-0.15, -0.1) is 0 Å². The van der Waals surface area contributed by atoms with E-state index in [0.29, 0.717) is 31.0 Å². The van der Waals surface area contributed by atoms with Gasteiger partial charge in [0.15, 0.2) is 11.5 Å². The zero-order chi connectivity index (χ0) is 24.5. The molecule has 1 saturated carbocycles. The molecule has 0 radical (unpaired) electrons. The summed E-state index contributed by atoms with van der Waals surface area (Å²) in [7, 11) is 3.22. The van der Waals surface area contributed by atoms with Gasteiger partial charge in [0.05, 0.1) is 27.0 Å². The van der Waals surface area contributed by atoms with Crippen LogP contribution in [0.15, 0.2) is 41.0 Å². The maximum Gasteiger partial charge on any atom is 0.242 e. The van der Waals surface area contributed by atoms with Gasteiger partial charge in [-0.05, 0) is 49.1 Å². The lowest BCUT2D eigenvalue weighted by molar-refractivity contribution is -0.145. The minimum Gasteiger partial charge on any atom is -0.493 e. The molecule has 186 valence electrons. The number of methoxy groups -OCH3 is 2. The van der Waals surface area contributed by atoms with Crippen LogP contribution in [-0.2, 0) is 22.6 Å². The molecule has 2 amide bonds. The van der Waals surface area contributed by atoms with E-state index in [1.165, 1.54) is 6.42 Å². The molecule has 2 aromatic rings. The first-order chi connectivity index (χ1) is 16.4. The Morgan fingerprint density at radius 1 is 1.06 bits per heavy atom. The van der Waals surface area contributed by atoms with Crippen molar-refractivity contribution >= 4 is 11.8 Å². The Morgan fingerprint density at radius 3 is 2.41 bits per heavy atom. The van der Waals surface area contributed by atoms with Gasteiger partial charge < -0.3 is 23.7 Å². The second-order valence-corrected chi connectivity index (χ2v) is 9.25. The highest BCUT2D eigenvalue weighted by Crippen LogP contribution is 2.28. The maximum absolute atomic E-state index is 13.5. The SMILES string of the molecule is COc1ccc(CCN(Cc2ccco2)C(=O)CN(C(=O)C(C)C)C2CCCCC2)cc1OC. The highest BCUT2D eigenvalue weighted by atomic mass is 16.5. The average Bonchev–Trinajstić information content (AvgIpc) is 3.38. The Hall–Kier alpha value is -2.96. The lowest BCUT2D eigenvalue weighted by atomic mass is 9.93. The van der Waals surface area contributed by atoms with Gasteiger partial charge in [0.25, 0.3) is 0 Å². The number of hydrogen-bond acceptors (Lipinski definition) is 5. The van der Waals surface area contributed by atoms with Crippen molar-refractivity contribution in [3.63, 3.8) is 0 Å². The average molecular weight is 471 g/mol. The van der Waals surface area contributed by atoms with Crippen LogP contribution in [0.5, 0.6) is 11.5 Å². The summed E-state index contributed by atoms with van der Waals surface area (Å²) in [5, 5.41) is 0. The van der Waals surface area contributed by atoms with Crippen LogP contribution < -0.4 is 9.47 Å². The monoisotopic (exact) mass is 470 g/mol. The van der Waals surface area contributed by atoms with Crippen molar-refractivity contribution in [2.75, 3.05) is 27.3 Å².